The van der Waals surface area contributed by atoms with Gasteiger partial charge in [0.2, 0.25) is 0 Å². The van der Waals surface area contributed by atoms with E-state index < -0.39 is 14.8 Å². The van der Waals surface area contributed by atoms with E-state index in [1.807, 2.05) is 4.90 Å². The molecule has 0 radical (unpaired) electrons. The van der Waals surface area contributed by atoms with Crippen molar-refractivity contribution in [1.82, 2.24) is 4.90 Å². The summed E-state index contributed by atoms with van der Waals surface area (Å²) < 4.78 is 24.0. The number of para-hydroxylation sites is 1. The summed E-state index contributed by atoms with van der Waals surface area (Å²) in [4.78, 5) is 26.7. The van der Waals surface area contributed by atoms with Crippen LogP contribution in [0.25, 0.3) is 0 Å². The van der Waals surface area contributed by atoms with Crippen LogP contribution >= 0.6 is 0 Å². The maximum Gasteiger partial charge on any atom is 0.269 e. The highest BCUT2D eigenvalue weighted by atomic mass is 32.2. The maximum absolute atomic E-state index is 12.6. The van der Waals surface area contributed by atoms with Gasteiger partial charge in [-0.3, -0.25) is 14.9 Å². The average molecular weight is 389 g/mol. The lowest BCUT2D eigenvalue weighted by molar-refractivity contribution is -0.384. The second kappa shape index (κ2) is 7.36. The first-order valence-corrected chi connectivity index (χ1v) is 10.2. The van der Waals surface area contributed by atoms with Gasteiger partial charge in [0, 0.05) is 50.1 Å². The van der Waals surface area contributed by atoms with Crippen molar-refractivity contribution in [3.05, 3.63) is 64.2 Å². The third kappa shape index (κ3) is 4.08. The third-order valence-electron chi connectivity index (χ3n) is 4.50. The van der Waals surface area contributed by atoms with Gasteiger partial charge in [-0.2, -0.15) is 0 Å². The molecule has 9 heteroatoms. The van der Waals surface area contributed by atoms with Crippen molar-refractivity contribution in [2.45, 2.75) is 4.90 Å². The highest BCUT2D eigenvalue weighted by molar-refractivity contribution is 7.90. The van der Waals surface area contributed by atoms with Crippen LogP contribution in [0.4, 0.5) is 11.4 Å². The van der Waals surface area contributed by atoms with Gasteiger partial charge in [-0.15, -0.1) is 0 Å². The van der Waals surface area contributed by atoms with E-state index >= 15 is 0 Å². The predicted octanol–water partition coefficient (Wildman–Crippen LogP) is 1.96. The van der Waals surface area contributed by atoms with Gasteiger partial charge in [0.15, 0.2) is 9.84 Å². The first-order valence-electron chi connectivity index (χ1n) is 8.35. The fourth-order valence-electron chi connectivity index (χ4n) is 3.09. The first-order chi connectivity index (χ1) is 12.8. The number of amides is 1. The molecule has 142 valence electrons. The molecule has 2 aromatic rings. The topological polar surface area (TPSA) is 101 Å². The molecule has 1 heterocycles. The number of anilines is 1. The van der Waals surface area contributed by atoms with Crippen molar-refractivity contribution in [1.29, 1.82) is 0 Å². The van der Waals surface area contributed by atoms with E-state index in [0.29, 0.717) is 37.4 Å². The quantitative estimate of drug-likeness (QED) is 0.585. The zero-order valence-electron chi connectivity index (χ0n) is 14.7. The first kappa shape index (κ1) is 18.8. The van der Waals surface area contributed by atoms with Crippen molar-refractivity contribution in [2.75, 3.05) is 37.3 Å². The molecule has 0 saturated carbocycles. The lowest BCUT2D eigenvalue weighted by Crippen LogP contribution is -2.49. The van der Waals surface area contributed by atoms with E-state index in [1.54, 1.807) is 29.2 Å². The molecular formula is C18H19N3O5S. The van der Waals surface area contributed by atoms with E-state index in [9.17, 15) is 23.3 Å². The Kier molecular flexibility index (Phi) is 5.13. The SMILES string of the molecule is CS(=O)(=O)c1ccccc1N1CCN(C(=O)c2ccc([N+](=O)[O-])cc2)CC1. The van der Waals surface area contributed by atoms with Crippen molar-refractivity contribution < 1.29 is 18.1 Å². The molecule has 0 bridgehead atoms. The Morgan fingerprint density at radius 3 is 2.15 bits per heavy atom. The highest BCUT2D eigenvalue weighted by Crippen LogP contribution is 2.26. The van der Waals surface area contributed by atoms with Crippen LogP contribution in [0.3, 0.4) is 0 Å². The number of nitrogens with zero attached hydrogens (tertiary/aromatic N) is 3. The van der Waals surface area contributed by atoms with Crippen LogP contribution in [0.2, 0.25) is 0 Å². The van der Waals surface area contributed by atoms with Crippen molar-refractivity contribution in [2.24, 2.45) is 0 Å². The summed E-state index contributed by atoms with van der Waals surface area (Å²) >= 11 is 0. The predicted molar refractivity (Wildman–Crippen MR) is 101 cm³/mol. The van der Waals surface area contributed by atoms with Crippen LogP contribution < -0.4 is 4.90 Å². The monoisotopic (exact) mass is 389 g/mol. The van der Waals surface area contributed by atoms with E-state index in [1.165, 1.54) is 30.5 Å². The number of non-ortho nitro benzene ring substituents is 1. The van der Waals surface area contributed by atoms with Crippen LogP contribution in [0.5, 0.6) is 0 Å². The number of sulfone groups is 1. The maximum atomic E-state index is 12.6. The molecule has 0 unspecified atom stereocenters. The van der Waals surface area contributed by atoms with E-state index in [4.69, 9.17) is 0 Å². The number of carbonyl (C=O) groups is 1. The molecule has 0 aromatic heterocycles. The molecule has 27 heavy (non-hydrogen) atoms. The van der Waals surface area contributed by atoms with Crippen LogP contribution in [0, 0.1) is 10.1 Å². The summed E-state index contributed by atoms with van der Waals surface area (Å²) in [5.41, 5.74) is 0.974. The van der Waals surface area contributed by atoms with Gasteiger partial charge in [0.05, 0.1) is 15.5 Å². The molecule has 0 atom stereocenters. The average Bonchev–Trinajstić information content (AvgIpc) is 2.67. The largest absolute Gasteiger partial charge is 0.367 e. The van der Waals surface area contributed by atoms with Gasteiger partial charge in [-0.1, -0.05) is 12.1 Å². The zero-order chi connectivity index (χ0) is 19.6. The Morgan fingerprint density at radius 1 is 1.00 bits per heavy atom. The van der Waals surface area contributed by atoms with Gasteiger partial charge in [-0.05, 0) is 24.3 Å². The summed E-state index contributed by atoms with van der Waals surface area (Å²) in [6.07, 6.45) is 1.18. The summed E-state index contributed by atoms with van der Waals surface area (Å²) in [6, 6.07) is 12.4. The van der Waals surface area contributed by atoms with Gasteiger partial charge < -0.3 is 9.80 Å². The summed E-state index contributed by atoms with van der Waals surface area (Å²) in [5.74, 6) is -0.194. The minimum absolute atomic E-state index is 0.0613. The molecule has 1 amide bonds. The molecule has 0 N–H and O–H groups in total. The van der Waals surface area contributed by atoms with E-state index in [2.05, 4.69) is 0 Å². The summed E-state index contributed by atoms with van der Waals surface area (Å²) in [7, 11) is -3.34. The van der Waals surface area contributed by atoms with Crippen molar-refractivity contribution in [3.63, 3.8) is 0 Å². The highest BCUT2D eigenvalue weighted by Gasteiger charge is 2.25. The summed E-state index contributed by atoms with van der Waals surface area (Å²) in [6.45, 7) is 1.89. The Bertz CT molecular complexity index is 965. The van der Waals surface area contributed by atoms with Gasteiger partial charge in [0.1, 0.15) is 0 Å². The molecule has 3 rings (SSSR count). The molecule has 2 aromatic carbocycles. The number of hydrogen-bond donors (Lipinski definition) is 0. The molecular weight excluding hydrogens is 370 g/mol. The van der Waals surface area contributed by atoms with E-state index in [-0.39, 0.29) is 16.5 Å². The molecule has 0 aliphatic carbocycles. The van der Waals surface area contributed by atoms with Gasteiger partial charge >= 0.3 is 0 Å². The van der Waals surface area contributed by atoms with Crippen LogP contribution in [-0.2, 0) is 9.84 Å². The Morgan fingerprint density at radius 2 is 1.59 bits per heavy atom. The Labute approximate surface area is 157 Å². The molecule has 0 spiro atoms. The molecule has 1 aliphatic rings. The van der Waals surface area contributed by atoms with Gasteiger partial charge in [0.25, 0.3) is 11.6 Å². The molecule has 1 fully saturated rings. The second-order valence-electron chi connectivity index (χ2n) is 6.32. The zero-order valence-corrected chi connectivity index (χ0v) is 15.6. The fraction of sp³-hybridized carbons (Fsp3) is 0.278. The molecule has 1 saturated heterocycles. The normalized spacial score (nSPS) is 14.9. The molecule has 1 aliphatic heterocycles. The third-order valence-corrected chi connectivity index (χ3v) is 5.64. The fourth-order valence-corrected chi connectivity index (χ4v) is 3.99. The number of nitro benzene ring substituents is 1. The van der Waals surface area contributed by atoms with E-state index in [0.717, 1.165) is 0 Å². The number of hydrogen-bond acceptors (Lipinski definition) is 6. The lowest BCUT2D eigenvalue weighted by Gasteiger charge is -2.36. The Hall–Kier alpha value is -2.94. The molecule has 8 nitrogen and oxygen atoms in total. The van der Waals surface area contributed by atoms with Gasteiger partial charge in [-0.25, -0.2) is 8.42 Å². The second-order valence-corrected chi connectivity index (χ2v) is 8.31. The summed E-state index contributed by atoms with van der Waals surface area (Å²) in [5, 5.41) is 10.7. The van der Waals surface area contributed by atoms with Crippen molar-refractivity contribution in [3.8, 4) is 0 Å². The number of piperazine rings is 1. The van der Waals surface area contributed by atoms with Crippen LogP contribution in [-0.4, -0.2) is 56.6 Å². The van der Waals surface area contributed by atoms with Crippen molar-refractivity contribution >= 4 is 27.1 Å². The lowest BCUT2D eigenvalue weighted by atomic mass is 10.1. The Balaban J connectivity index is 1.71. The van der Waals surface area contributed by atoms with Crippen LogP contribution in [0.15, 0.2) is 53.4 Å². The smallest absolute Gasteiger partial charge is 0.269 e. The minimum Gasteiger partial charge on any atom is -0.367 e. The number of carbonyl (C=O) groups excluding carboxylic acids is 1. The minimum atomic E-state index is -3.34. The number of nitro groups is 1. The standard InChI is InChI=1S/C18H19N3O5S/c1-27(25,26)17-5-3-2-4-16(17)19-10-12-20(13-11-19)18(22)14-6-8-15(9-7-14)21(23)24/h2-9H,10-13H2,1H3. The number of benzene rings is 2. The number of rotatable bonds is 4. The van der Waals surface area contributed by atoms with Crippen LogP contribution in [0.1, 0.15) is 10.4 Å².